The SMILES string of the molecule is COc1ccc(C(=O)NC(CC(=O)O)c2ccccc2C)cc1OC(F)F. The van der Waals surface area contributed by atoms with Crippen molar-refractivity contribution in [2.75, 3.05) is 7.11 Å². The van der Waals surface area contributed by atoms with E-state index in [0.717, 1.165) is 11.6 Å². The lowest BCUT2D eigenvalue weighted by atomic mass is 9.98. The predicted molar refractivity (Wildman–Crippen MR) is 93.3 cm³/mol. The van der Waals surface area contributed by atoms with Gasteiger partial charge in [0, 0.05) is 5.56 Å². The number of amides is 1. The standard InChI is InChI=1S/C19H19F2NO5/c1-11-5-3-4-6-13(11)14(10-17(23)24)22-18(25)12-7-8-15(26-2)16(9-12)27-19(20)21/h3-9,14,19H,10H2,1-2H3,(H,22,25)(H,23,24). The Labute approximate surface area is 154 Å². The second-order valence-corrected chi connectivity index (χ2v) is 5.72. The number of carboxylic acid groups (broad SMARTS) is 1. The highest BCUT2D eigenvalue weighted by atomic mass is 19.3. The fourth-order valence-corrected chi connectivity index (χ4v) is 2.64. The molecular formula is C19H19F2NO5. The third-order valence-corrected chi connectivity index (χ3v) is 3.89. The average molecular weight is 379 g/mol. The van der Waals surface area contributed by atoms with Gasteiger partial charge >= 0.3 is 12.6 Å². The van der Waals surface area contributed by atoms with E-state index in [0.29, 0.717) is 5.56 Å². The Balaban J connectivity index is 2.29. The van der Waals surface area contributed by atoms with Crippen molar-refractivity contribution in [3.63, 3.8) is 0 Å². The van der Waals surface area contributed by atoms with Crippen LogP contribution >= 0.6 is 0 Å². The fraction of sp³-hybridized carbons (Fsp3) is 0.263. The maximum atomic E-state index is 12.6. The number of carboxylic acids is 1. The van der Waals surface area contributed by atoms with Crippen LogP contribution in [0.25, 0.3) is 0 Å². The molecule has 0 aromatic heterocycles. The Kier molecular flexibility index (Phi) is 6.70. The lowest BCUT2D eigenvalue weighted by Gasteiger charge is -2.20. The van der Waals surface area contributed by atoms with Gasteiger partial charge in [0.05, 0.1) is 19.6 Å². The van der Waals surface area contributed by atoms with Crippen molar-refractivity contribution in [3.05, 3.63) is 59.2 Å². The quantitative estimate of drug-likeness (QED) is 0.733. The molecule has 1 atom stereocenters. The Bertz CT molecular complexity index is 825. The third-order valence-electron chi connectivity index (χ3n) is 3.89. The summed E-state index contributed by atoms with van der Waals surface area (Å²) in [5.41, 5.74) is 1.52. The van der Waals surface area contributed by atoms with Gasteiger partial charge in [-0.2, -0.15) is 8.78 Å². The Morgan fingerprint density at radius 3 is 2.44 bits per heavy atom. The van der Waals surface area contributed by atoms with Crippen molar-refractivity contribution in [2.24, 2.45) is 0 Å². The summed E-state index contributed by atoms with van der Waals surface area (Å²) < 4.78 is 34.4. The average Bonchev–Trinajstić information content (AvgIpc) is 2.60. The molecular weight excluding hydrogens is 360 g/mol. The topological polar surface area (TPSA) is 84.9 Å². The van der Waals surface area contributed by atoms with Crippen LogP contribution in [0.3, 0.4) is 0 Å². The van der Waals surface area contributed by atoms with E-state index in [1.807, 2.05) is 0 Å². The number of alkyl halides is 2. The number of halogens is 2. The summed E-state index contributed by atoms with van der Waals surface area (Å²) in [6.45, 7) is -1.28. The van der Waals surface area contributed by atoms with Crippen molar-refractivity contribution in [3.8, 4) is 11.5 Å². The minimum absolute atomic E-state index is 0.0374. The normalized spacial score (nSPS) is 11.7. The fourth-order valence-electron chi connectivity index (χ4n) is 2.64. The minimum Gasteiger partial charge on any atom is -0.493 e. The lowest BCUT2D eigenvalue weighted by molar-refractivity contribution is -0.137. The number of carbonyl (C=O) groups excluding carboxylic acids is 1. The van der Waals surface area contributed by atoms with Crippen molar-refractivity contribution in [1.82, 2.24) is 5.32 Å². The van der Waals surface area contributed by atoms with Crippen LogP contribution in [0.5, 0.6) is 11.5 Å². The van der Waals surface area contributed by atoms with Crippen molar-refractivity contribution in [1.29, 1.82) is 0 Å². The zero-order chi connectivity index (χ0) is 20.0. The van der Waals surface area contributed by atoms with Crippen molar-refractivity contribution in [2.45, 2.75) is 26.0 Å². The minimum atomic E-state index is -3.08. The van der Waals surface area contributed by atoms with E-state index in [4.69, 9.17) is 9.84 Å². The molecule has 2 N–H and O–H groups in total. The van der Waals surface area contributed by atoms with Gasteiger partial charge < -0.3 is 19.9 Å². The number of carbonyl (C=O) groups is 2. The highest BCUT2D eigenvalue weighted by Gasteiger charge is 2.21. The molecule has 144 valence electrons. The predicted octanol–water partition coefficient (Wildman–Crippen LogP) is 3.55. The molecule has 0 fully saturated rings. The molecule has 27 heavy (non-hydrogen) atoms. The molecule has 6 nitrogen and oxygen atoms in total. The summed E-state index contributed by atoms with van der Waals surface area (Å²) >= 11 is 0. The van der Waals surface area contributed by atoms with Crippen LogP contribution in [0.15, 0.2) is 42.5 Å². The second kappa shape index (κ2) is 8.98. The number of ether oxygens (including phenoxy) is 2. The molecule has 0 saturated carbocycles. The number of nitrogens with one attached hydrogen (secondary N) is 1. The Morgan fingerprint density at radius 2 is 1.85 bits per heavy atom. The first kappa shape index (κ1) is 20.2. The molecule has 0 aliphatic rings. The monoisotopic (exact) mass is 379 g/mol. The molecule has 1 unspecified atom stereocenters. The summed E-state index contributed by atoms with van der Waals surface area (Å²) in [5.74, 6) is -1.94. The third kappa shape index (κ3) is 5.40. The zero-order valence-corrected chi connectivity index (χ0v) is 14.7. The summed E-state index contributed by atoms with van der Waals surface area (Å²) in [6.07, 6.45) is -0.326. The number of hydrogen-bond donors (Lipinski definition) is 2. The van der Waals surface area contributed by atoms with Crippen molar-refractivity contribution >= 4 is 11.9 Å². The molecule has 2 aromatic rings. The molecule has 0 heterocycles. The highest BCUT2D eigenvalue weighted by Crippen LogP contribution is 2.30. The van der Waals surface area contributed by atoms with E-state index in [9.17, 15) is 18.4 Å². The first-order valence-electron chi connectivity index (χ1n) is 8.03. The maximum Gasteiger partial charge on any atom is 0.387 e. The van der Waals surface area contributed by atoms with Gasteiger partial charge in [-0.25, -0.2) is 0 Å². The van der Waals surface area contributed by atoms with Crippen LogP contribution < -0.4 is 14.8 Å². The smallest absolute Gasteiger partial charge is 0.387 e. The van der Waals surface area contributed by atoms with Crippen LogP contribution in [0.2, 0.25) is 0 Å². The Morgan fingerprint density at radius 1 is 1.15 bits per heavy atom. The Hall–Kier alpha value is -3.16. The van der Waals surface area contributed by atoms with E-state index in [-0.39, 0.29) is 23.5 Å². The van der Waals surface area contributed by atoms with Gasteiger partial charge in [-0.05, 0) is 36.2 Å². The van der Waals surface area contributed by atoms with Gasteiger partial charge in [0.2, 0.25) is 0 Å². The van der Waals surface area contributed by atoms with E-state index in [2.05, 4.69) is 10.1 Å². The van der Waals surface area contributed by atoms with Gasteiger partial charge in [0.1, 0.15) is 0 Å². The van der Waals surface area contributed by atoms with E-state index in [1.54, 1.807) is 31.2 Å². The number of rotatable bonds is 8. The largest absolute Gasteiger partial charge is 0.493 e. The second-order valence-electron chi connectivity index (χ2n) is 5.72. The molecule has 0 aliphatic heterocycles. The molecule has 0 saturated heterocycles. The van der Waals surface area contributed by atoms with E-state index < -0.39 is 24.5 Å². The van der Waals surface area contributed by atoms with Crippen LogP contribution in [-0.4, -0.2) is 30.7 Å². The van der Waals surface area contributed by atoms with Gasteiger partial charge in [-0.3, -0.25) is 9.59 Å². The number of hydrogen-bond acceptors (Lipinski definition) is 4. The summed E-state index contributed by atoms with van der Waals surface area (Å²) in [5, 5.41) is 11.8. The highest BCUT2D eigenvalue weighted by molar-refractivity contribution is 5.95. The molecule has 0 bridgehead atoms. The molecule has 0 spiro atoms. The molecule has 0 radical (unpaired) electrons. The van der Waals surface area contributed by atoms with Gasteiger partial charge in [0.15, 0.2) is 11.5 Å². The molecule has 8 heteroatoms. The summed E-state index contributed by atoms with van der Waals surface area (Å²) in [6, 6.07) is 10.1. The van der Waals surface area contributed by atoms with Gasteiger partial charge in [-0.15, -0.1) is 0 Å². The molecule has 2 rings (SSSR count). The lowest BCUT2D eigenvalue weighted by Crippen LogP contribution is -2.30. The molecule has 0 aliphatic carbocycles. The van der Waals surface area contributed by atoms with Crippen LogP contribution in [0.1, 0.15) is 33.9 Å². The number of benzene rings is 2. The summed E-state index contributed by atoms with van der Waals surface area (Å²) in [7, 11) is 1.29. The summed E-state index contributed by atoms with van der Waals surface area (Å²) in [4.78, 5) is 23.8. The van der Waals surface area contributed by atoms with Gasteiger partial charge in [-0.1, -0.05) is 24.3 Å². The van der Waals surface area contributed by atoms with E-state index in [1.165, 1.54) is 19.2 Å². The number of aryl methyl sites for hydroxylation is 1. The molecule has 1 amide bonds. The van der Waals surface area contributed by atoms with Crippen LogP contribution in [-0.2, 0) is 4.79 Å². The van der Waals surface area contributed by atoms with Crippen LogP contribution in [0.4, 0.5) is 8.78 Å². The molecule has 2 aromatic carbocycles. The van der Waals surface area contributed by atoms with Crippen molar-refractivity contribution < 1.29 is 33.0 Å². The van der Waals surface area contributed by atoms with Crippen LogP contribution in [0, 0.1) is 6.92 Å². The maximum absolute atomic E-state index is 12.6. The number of methoxy groups -OCH3 is 1. The van der Waals surface area contributed by atoms with Gasteiger partial charge in [0.25, 0.3) is 5.91 Å². The zero-order valence-electron chi connectivity index (χ0n) is 14.7. The first-order chi connectivity index (χ1) is 12.8. The van der Waals surface area contributed by atoms with E-state index >= 15 is 0 Å². The number of aliphatic carboxylic acids is 1. The first-order valence-corrected chi connectivity index (χ1v) is 8.03.